The number of anilines is 1. The third kappa shape index (κ3) is 6.66. The monoisotopic (exact) mass is 546 g/mol. The van der Waals surface area contributed by atoms with Crippen molar-refractivity contribution >= 4 is 56.1 Å². The van der Waals surface area contributed by atoms with E-state index >= 15 is 0 Å². The Morgan fingerprint density at radius 3 is 2.64 bits per heavy atom. The van der Waals surface area contributed by atoms with E-state index in [4.69, 9.17) is 21.1 Å². The molecule has 0 saturated heterocycles. The molecule has 0 aliphatic rings. The van der Waals surface area contributed by atoms with Gasteiger partial charge in [-0.1, -0.05) is 29.3 Å². The van der Waals surface area contributed by atoms with Gasteiger partial charge in [-0.05, 0) is 49.8 Å². The first-order valence-corrected chi connectivity index (χ1v) is 13.3. The lowest BCUT2D eigenvalue weighted by Crippen LogP contribution is -2.13. The van der Waals surface area contributed by atoms with Crippen molar-refractivity contribution in [1.82, 2.24) is 9.36 Å². The van der Waals surface area contributed by atoms with Crippen LogP contribution in [0.25, 0.3) is 6.08 Å². The van der Waals surface area contributed by atoms with Crippen molar-refractivity contribution in [2.75, 3.05) is 18.2 Å². The highest BCUT2D eigenvalue weighted by Gasteiger charge is 2.20. The maximum atomic E-state index is 12.6. The predicted molar refractivity (Wildman–Crippen MR) is 134 cm³/mol. The molecule has 10 nitrogen and oxygen atoms in total. The Morgan fingerprint density at radius 2 is 2.03 bits per heavy atom. The molecule has 13 heteroatoms. The molecule has 3 rings (SSSR count). The fourth-order valence-corrected chi connectivity index (χ4v) is 4.54. The lowest BCUT2D eigenvalue weighted by atomic mass is 10.1. The molecular formula is C23H19ClN4O6S2. The predicted octanol–water partition coefficient (Wildman–Crippen LogP) is 4.07. The minimum atomic E-state index is -3.65. The largest absolute Gasteiger partial charge is 0.490 e. The van der Waals surface area contributed by atoms with Gasteiger partial charge < -0.3 is 9.47 Å². The molecule has 0 saturated carbocycles. The summed E-state index contributed by atoms with van der Waals surface area (Å²) in [6.07, 6.45) is 2.18. The third-order valence-corrected chi connectivity index (χ3v) is 6.29. The smallest absolute Gasteiger partial charge is 0.343 e. The van der Waals surface area contributed by atoms with Crippen LogP contribution in [0.3, 0.4) is 0 Å². The fraction of sp³-hybridized carbons (Fsp3) is 0.174. The van der Waals surface area contributed by atoms with Crippen LogP contribution in [0.2, 0.25) is 5.02 Å². The number of carbonyl (C=O) groups excluding carboxylic acids is 2. The molecule has 0 fully saturated rings. The first-order valence-electron chi connectivity index (χ1n) is 10.2. The zero-order chi connectivity index (χ0) is 26.5. The second-order valence-electron chi connectivity index (χ2n) is 7.30. The number of aryl methyl sites for hydroxylation is 1. The van der Waals surface area contributed by atoms with Crippen LogP contribution in [-0.2, 0) is 14.6 Å². The average molecular weight is 547 g/mol. The van der Waals surface area contributed by atoms with Gasteiger partial charge in [-0.15, -0.1) is 0 Å². The molecule has 0 spiro atoms. The first kappa shape index (κ1) is 26.8. The number of sulfone groups is 1. The number of aromatic nitrogens is 2. The molecular weight excluding hydrogens is 528 g/mol. The SMILES string of the molecule is CCOc1cc(/C=C(/C#N)C(=O)Nc2nc(S(C)(=O)=O)ns2)cc(Cl)c1OC(=O)c1cccc(C)c1. The van der Waals surface area contributed by atoms with Crippen molar-refractivity contribution in [3.63, 3.8) is 0 Å². The summed E-state index contributed by atoms with van der Waals surface area (Å²) in [6, 6.07) is 11.5. The molecule has 0 radical (unpaired) electrons. The minimum absolute atomic E-state index is 0.00713. The number of nitrogens with zero attached hydrogens (tertiary/aromatic N) is 3. The maximum absolute atomic E-state index is 12.6. The fourth-order valence-electron chi connectivity index (χ4n) is 2.85. The van der Waals surface area contributed by atoms with Crippen molar-refractivity contribution in [3.05, 3.63) is 63.7 Å². The van der Waals surface area contributed by atoms with Gasteiger partial charge in [0.05, 0.1) is 17.2 Å². The van der Waals surface area contributed by atoms with Crippen LogP contribution in [-0.4, -0.2) is 42.5 Å². The topological polar surface area (TPSA) is 148 Å². The molecule has 1 heterocycles. The van der Waals surface area contributed by atoms with Gasteiger partial charge in [-0.2, -0.15) is 14.6 Å². The van der Waals surface area contributed by atoms with Gasteiger partial charge >= 0.3 is 5.97 Å². The summed E-state index contributed by atoms with van der Waals surface area (Å²) in [5.41, 5.74) is 1.20. The lowest BCUT2D eigenvalue weighted by Gasteiger charge is -2.13. The van der Waals surface area contributed by atoms with E-state index in [9.17, 15) is 23.3 Å². The van der Waals surface area contributed by atoms with Crippen molar-refractivity contribution < 1.29 is 27.5 Å². The van der Waals surface area contributed by atoms with E-state index < -0.39 is 26.9 Å². The van der Waals surface area contributed by atoms with E-state index in [0.717, 1.165) is 11.8 Å². The van der Waals surface area contributed by atoms with Crippen molar-refractivity contribution in [2.45, 2.75) is 19.0 Å². The highest BCUT2D eigenvalue weighted by molar-refractivity contribution is 7.90. The lowest BCUT2D eigenvalue weighted by molar-refractivity contribution is -0.112. The number of amides is 1. The Hall–Kier alpha value is -3.79. The minimum Gasteiger partial charge on any atom is -0.490 e. The quantitative estimate of drug-likeness (QED) is 0.191. The molecule has 186 valence electrons. The van der Waals surface area contributed by atoms with Crippen LogP contribution in [0.5, 0.6) is 11.5 Å². The van der Waals surface area contributed by atoms with Gasteiger partial charge in [0.1, 0.15) is 11.6 Å². The van der Waals surface area contributed by atoms with E-state index in [1.54, 1.807) is 31.2 Å². The van der Waals surface area contributed by atoms with E-state index in [1.807, 2.05) is 13.0 Å². The molecule has 0 aliphatic carbocycles. The molecule has 36 heavy (non-hydrogen) atoms. The molecule has 0 atom stereocenters. The van der Waals surface area contributed by atoms with E-state index in [1.165, 1.54) is 18.2 Å². The second kappa shape index (κ2) is 11.3. The maximum Gasteiger partial charge on any atom is 0.343 e. The van der Waals surface area contributed by atoms with E-state index in [2.05, 4.69) is 14.7 Å². The van der Waals surface area contributed by atoms with Crippen LogP contribution < -0.4 is 14.8 Å². The molecule has 0 bridgehead atoms. The van der Waals surface area contributed by atoms with Crippen LogP contribution in [0.1, 0.15) is 28.4 Å². The van der Waals surface area contributed by atoms with Crippen LogP contribution >= 0.6 is 23.1 Å². The number of rotatable bonds is 8. The zero-order valence-corrected chi connectivity index (χ0v) is 21.6. The third-order valence-electron chi connectivity index (χ3n) is 4.42. The normalized spacial score (nSPS) is 11.5. The Kier molecular flexibility index (Phi) is 8.41. The van der Waals surface area contributed by atoms with E-state index in [-0.39, 0.29) is 33.8 Å². The Morgan fingerprint density at radius 1 is 1.28 bits per heavy atom. The van der Waals surface area contributed by atoms with Crippen LogP contribution in [0.4, 0.5) is 5.13 Å². The number of nitriles is 1. The summed E-state index contributed by atoms with van der Waals surface area (Å²) >= 11 is 7.03. The zero-order valence-electron chi connectivity index (χ0n) is 19.2. The number of benzene rings is 2. The van der Waals surface area contributed by atoms with Gasteiger partial charge in [0.2, 0.25) is 15.0 Å². The summed E-state index contributed by atoms with van der Waals surface area (Å²) < 4.78 is 37.8. The highest BCUT2D eigenvalue weighted by atomic mass is 35.5. The van der Waals surface area contributed by atoms with Gasteiger partial charge in [0.25, 0.3) is 11.1 Å². The van der Waals surface area contributed by atoms with Gasteiger partial charge in [0.15, 0.2) is 11.5 Å². The van der Waals surface area contributed by atoms with Crippen LogP contribution in [0.15, 0.2) is 47.1 Å². The first-order chi connectivity index (χ1) is 17.0. The summed E-state index contributed by atoms with van der Waals surface area (Å²) in [4.78, 5) is 28.9. The number of carbonyl (C=O) groups is 2. The Balaban J connectivity index is 1.88. The van der Waals surface area contributed by atoms with Crippen molar-refractivity contribution in [2.24, 2.45) is 0 Å². The number of ether oxygens (including phenoxy) is 2. The van der Waals surface area contributed by atoms with Gasteiger partial charge in [0, 0.05) is 17.8 Å². The summed E-state index contributed by atoms with van der Waals surface area (Å²) in [5.74, 6) is -1.34. The van der Waals surface area contributed by atoms with Gasteiger partial charge in [-0.3, -0.25) is 10.1 Å². The number of halogens is 1. The molecule has 0 unspecified atom stereocenters. The molecule has 1 amide bonds. The number of hydrogen-bond donors (Lipinski definition) is 1. The molecule has 1 N–H and O–H groups in total. The summed E-state index contributed by atoms with van der Waals surface area (Å²) in [7, 11) is -3.65. The number of nitrogens with one attached hydrogen (secondary N) is 1. The molecule has 0 aliphatic heterocycles. The number of hydrogen-bond acceptors (Lipinski definition) is 10. The molecule has 2 aromatic carbocycles. The van der Waals surface area contributed by atoms with Gasteiger partial charge in [-0.25, -0.2) is 13.2 Å². The highest BCUT2D eigenvalue weighted by Crippen LogP contribution is 2.38. The van der Waals surface area contributed by atoms with Crippen LogP contribution in [0, 0.1) is 18.3 Å². The van der Waals surface area contributed by atoms with E-state index in [0.29, 0.717) is 22.7 Å². The standard InChI is InChI=1S/C23H19ClN4O6S2/c1-4-33-18-11-14(10-17(24)19(18)34-21(30)15-7-5-6-13(2)8-15)9-16(12-25)20(29)26-22-27-23(28-35-22)36(3,31)32/h5-11H,4H2,1-3H3,(H,26,27,28,29)/b16-9-. The average Bonchev–Trinajstić information content (AvgIpc) is 3.29. The Bertz CT molecular complexity index is 1510. The second-order valence-corrected chi connectivity index (χ2v) is 10.4. The summed E-state index contributed by atoms with van der Waals surface area (Å²) in [6.45, 7) is 3.79. The molecule has 3 aromatic rings. The van der Waals surface area contributed by atoms with Crippen molar-refractivity contribution in [1.29, 1.82) is 5.26 Å². The molecule has 1 aromatic heterocycles. The van der Waals surface area contributed by atoms with Crippen molar-refractivity contribution in [3.8, 4) is 17.6 Å². The Labute approximate surface area is 216 Å². The summed E-state index contributed by atoms with van der Waals surface area (Å²) in [5, 5.41) is 11.3. The number of esters is 1.